The normalized spacial score (nSPS) is 11.4. The monoisotopic (exact) mass is 261 g/mol. The van der Waals surface area contributed by atoms with Crippen molar-refractivity contribution in [3.05, 3.63) is 24.2 Å². The molecule has 5 heteroatoms. The van der Waals surface area contributed by atoms with Crippen LogP contribution in [0.5, 0.6) is 0 Å². The number of fused-ring (bicyclic) bond motifs is 1. The predicted molar refractivity (Wildman–Crippen MR) is 78.5 cm³/mol. The van der Waals surface area contributed by atoms with E-state index in [9.17, 15) is 0 Å². The highest BCUT2D eigenvalue weighted by Crippen LogP contribution is 2.19. The van der Waals surface area contributed by atoms with Gasteiger partial charge in [0.15, 0.2) is 5.82 Å². The molecule has 0 bridgehead atoms. The van der Waals surface area contributed by atoms with Crippen molar-refractivity contribution in [1.82, 2.24) is 14.6 Å². The Hall–Kier alpha value is -1.62. The molecule has 3 N–H and O–H groups in total. The van der Waals surface area contributed by atoms with Crippen molar-refractivity contribution in [2.24, 2.45) is 5.73 Å². The van der Waals surface area contributed by atoms with Crippen LogP contribution < -0.4 is 11.1 Å². The van der Waals surface area contributed by atoms with E-state index >= 15 is 0 Å². The van der Waals surface area contributed by atoms with Gasteiger partial charge in [-0.15, -0.1) is 0 Å². The molecular weight excluding hydrogens is 238 g/mol. The van der Waals surface area contributed by atoms with Crippen molar-refractivity contribution in [1.29, 1.82) is 0 Å². The first kappa shape index (κ1) is 13.8. The molecule has 0 saturated carbocycles. The number of hydrogen-bond donors (Lipinski definition) is 2. The number of anilines is 1. The van der Waals surface area contributed by atoms with Gasteiger partial charge >= 0.3 is 0 Å². The highest BCUT2D eigenvalue weighted by molar-refractivity contribution is 5.67. The van der Waals surface area contributed by atoms with Gasteiger partial charge in [-0.1, -0.05) is 20.3 Å². The number of nitrogens with two attached hydrogens (primary N) is 1. The number of aromatic nitrogens is 3. The summed E-state index contributed by atoms with van der Waals surface area (Å²) in [6.07, 6.45) is 7.03. The second kappa shape index (κ2) is 6.52. The van der Waals surface area contributed by atoms with Gasteiger partial charge in [-0.25, -0.2) is 9.50 Å². The van der Waals surface area contributed by atoms with Gasteiger partial charge in [0.05, 0.1) is 5.69 Å². The minimum atomic E-state index is 0.428. The summed E-state index contributed by atoms with van der Waals surface area (Å²) in [5, 5.41) is 7.94. The Morgan fingerprint density at radius 2 is 2.16 bits per heavy atom. The minimum Gasteiger partial charge on any atom is -0.368 e. The summed E-state index contributed by atoms with van der Waals surface area (Å²) in [6, 6.07) is 2.11. The zero-order valence-electron chi connectivity index (χ0n) is 11.8. The average Bonchev–Trinajstić information content (AvgIpc) is 2.83. The maximum absolute atomic E-state index is 5.48. The van der Waals surface area contributed by atoms with Gasteiger partial charge in [0.1, 0.15) is 5.52 Å². The summed E-state index contributed by atoms with van der Waals surface area (Å²) >= 11 is 0. The lowest BCUT2D eigenvalue weighted by atomic mass is 10.1. The molecule has 0 aromatic carbocycles. The summed E-state index contributed by atoms with van der Waals surface area (Å²) in [4.78, 5) is 4.40. The molecule has 0 aliphatic heterocycles. The Morgan fingerprint density at radius 1 is 1.32 bits per heavy atom. The molecule has 5 nitrogen and oxygen atoms in total. The van der Waals surface area contributed by atoms with E-state index in [0.717, 1.165) is 49.4 Å². The van der Waals surface area contributed by atoms with Crippen LogP contribution in [-0.2, 0) is 0 Å². The van der Waals surface area contributed by atoms with E-state index in [1.807, 2.05) is 10.7 Å². The number of rotatable bonds is 7. The lowest BCUT2D eigenvalue weighted by Crippen LogP contribution is -2.06. The summed E-state index contributed by atoms with van der Waals surface area (Å²) in [5.41, 5.74) is 7.63. The van der Waals surface area contributed by atoms with Gasteiger partial charge in [-0.2, -0.15) is 5.10 Å². The molecule has 104 valence electrons. The molecule has 0 unspecified atom stereocenters. The Bertz CT molecular complexity index is 518. The summed E-state index contributed by atoms with van der Waals surface area (Å²) in [7, 11) is 0. The fraction of sp³-hybridized carbons (Fsp3) is 0.571. The molecule has 0 radical (unpaired) electrons. The number of unbranched alkanes of at least 4 members (excludes halogenated alkanes) is 2. The van der Waals surface area contributed by atoms with E-state index in [1.54, 1.807) is 6.20 Å². The number of nitrogens with one attached hydrogen (secondary N) is 1. The SMILES string of the molecule is CC(C)c1cc2c(NCCCCCN)nccn2n1. The van der Waals surface area contributed by atoms with Crippen LogP contribution in [0.25, 0.3) is 5.52 Å². The van der Waals surface area contributed by atoms with Crippen LogP contribution in [0.1, 0.15) is 44.7 Å². The lowest BCUT2D eigenvalue weighted by Gasteiger charge is -2.06. The highest BCUT2D eigenvalue weighted by Gasteiger charge is 2.09. The molecule has 0 spiro atoms. The van der Waals surface area contributed by atoms with Crippen molar-refractivity contribution >= 4 is 11.3 Å². The molecular formula is C14H23N5. The fourth-order valence-corrected chi connectivity index (χ4v) is 2.01. The first-order valence-electron chi connectivity index (χ1n) is 7.00. The highest BCUT2D eigenvalue weighted by atomic mass is 15.2. The molecule has 2 aromatic rings. The molecule has 0 fully saturated rings. The van der Waals surface area contributed by atoms with Gasteiger partial charge < -0.3 is 11.1 Å². The molecule has 2 aromatic heterocycles. The van der Waals surface area contributed by atoms with Gasteiger partial charge in [0.25, 0.3) is 0 Å². The van der Waals surface area contributed by atoms with Crippen LogP contribution in [0.3, 0.4) is 0 Å². The summed E-state index contributed by atoms with van der Waals surface area (Å²) in [6.45, 7) is 5.99. The minimum absolute atomic E-state index is 0.428. The zero-order chi connectivity index (χ0) is 13.7. The van der Waals surface area contributed by atoms with E-state index in [2.05, 4.69) is 35.3 Å². The van der Waals surface area contributed by atoms with E-state index < -0.39 is 0 Å². The van der Waals surface area contributed by atoms with Crippen molar-refractivity contribution < 1.29 is 0 Å². The topological polar surface area (TPSA) is 68.2 Å². The molecule has 0 amide bonds. The van der Waals surface area contributed by atoms with Crippen LogP contribution in [0.2, 0.25) is 0 Å². The van der Waals surface area contributed by atoms with Crippen LogP contribution in [0, 0.1) is 0 Å². The molecule has 2 rings (SSSR count). The summed E-state index contributed by atoms with van der Waals surface area (Å²) in [5.74, 6) is 1.34. The molecule has 0 aliphatic rings. The lowest BCUT2D eigenvalue weighted by molar-refractivity contribution is 0.706. The standard InChI is InChI=1S/C14H23N5/c1-11(2)12-10-13-14(16-7-5-3-4-6-15)17-8-9-19(13)18-12/h8-11H,3-7,15H2,1-2H3,(H,16,17). The van der Waals surface area contributed by atoms with Gasteiger partial charge in [-0.3, -0.25) is 0 Å². The van der Waals surface area contributed by atoms with Gasteiger partial charge in [0.2, 0.25) is 0 Å². The molecule has 0 aliphatic carbocycles. The molecule has 0 saturated heterocycles. The number of nitrogens with zero attached hydrogens (tertiary/aromatic N) is 3. The first-order chi connectivity index (χ1) is 9.22. The quantitative estimate of drug-likeness (QED) is 0.751. The third kappa shape index (κ3) is 3.44. The Morgan fingerprint density at radius 3 is 2.89 bits per heavy atom. The predicted octanol–water partition coefficient (Wildman–Crippen LogP) is 2.39. The van der Waals surface area contributed by atoms with E-state index in [-0.39, 0.29) is 0 Å². The van der Waals surface area contributed by atoms with Crippen LogP contribution in [0.4, 0.5) is 5.82 Å². The third-order valence-electron chi connectivity index (χ3n) is 3.17. The maximum Gasteiger partial charge on any atom is 0.152 e. The maximum atomic E-state index is 5.48. The average molecular weight is 261 g/mol. The molecule has 0 atom stereocenters. The van der Waals surface area contributed by atoms with Crippen LogP contribution >= 0.6 is 0 Å². The second-order valence-electron chi connectivity index (χ2n) is 5.11. The third-order valence-corrected chi connectivity index (χ3v) is 3.17. The Kier molecular flexibility index (Phi) is 4.74. The van der Waals surface area contributed by atoms with Crippen LogP contribution in [-0.4, -0.2) is 27.7 Å². The second-order valence-corrected chi connectivity index (χ2v) is 5.11. The van der Waals surface area contributed by atoms with Gasteiger partial charge in [-0.05, 0) is 31.4 Å². The van der Waals surface area contributed by atoms with Crippen molar-refractivity contribution in [3.8, 4) is 0 Å². The van der Waals surface area contributed by atoms with E-state index in [0.29, 0.717) is 5.92 Å². The smallest absolute Gasteiger partial charge is 0.152 e. The summed E-state index contributed by atoms with van der Waals surface area (Å²) < 4.78 is 1.89. The van der Waals surface area contributed by atoms with Crippen molar-refractivity contribution in [2.45, 2.75) is 39.0 Å². The van der Waals surface area contributed by atoms with Crippen molar-refractivity contribution in [2.75, 3.05) is 18.4 Å². The van der Waals surface area contributed by atoms with E-state index in [1.165, 1.54) is 0 Å². The Labute approximate surface area is 114 Å². The largest absolute Gasteiger partial charge is 0.368 e. The Balaban J connectivity index is 2.05. The zero-order valence-corrected chi connectivity index (χ0v) is 11.8. The van der Waals surface area contributed by atoms with Crippen LogP contribution in [0.15, 0.2) is 18.5 Å². The fourth-order valence-electron chi connectivity index (χ4n) is 2.01. The number of hydrogen-bond acceptors (Lipinski definition) is 4. The van der Waals surface area contributed by atoms with Crippen molar-refractivity contribution in [3.63, 3.8) is 0 Å². The first-order valence-corrected chi connectivity index (χ1v) is 7.00. The van der Waals surface area contributed by atoms with E-state index in [4.69, 9.17) is 5.73 Å². The molecule has 19 heavy (non-hydrogen) atoms. The van der Waals surface area contributed by atoms with Gasteiger partial charge in [0, 0.05) is 18.9 Å². The molecule has 2 heterocycles.